The van der Waals surface area contributed by atoms with Gasteiger partial charge in [-0.3, -0.25) is 19.7 Å². The van der Waals surface area contributed by atoms with Crippen LogP contribution in [0.1, 0.15) is 27.4 Å². The van der Waals surface area contributed by atoms with Crippen molar-refractivity contribution in [2.24, 2.45) is 5.92 Å². The minimum atomic E-state index is -1.35. The summed E-state index contributed by atoms with van der Waals surface area (Å²) >= 11 is 31.2. The summed E-state index contributed by atoms with van der Waals surface area (Å²) in [5.74, 6) is -2.04. The molecule has 0 radical (unpaired) electrons. The zero-order valence-electron chi connectivity index (χ0n) is 17.6. The molecule has 1 aliphatic carbocycles. The first-order chi connectivity index (χ1) is 16.5. The highest BCUT2D eigenvalue weighted by atomic mass is 35.5. The topological polar surface area (TPSA) is 89.3 Å². The van der Waals surface area contributed by atoms with E-state index in [-0.39, 0.29) is 28.5 Å². The molecule has 1 amide bonds. The van der Waals surface area contributed by atoms with Gasteiger partial charge >= 0.3 is 0 Å². The number of rotatable bonds is 7. The number of nitrogens with zero attached hydrogens (tertiary/aromatic N) is 1. The molecule has 0 bridgehead atoms. The van der Waals surface area contributed by atoms with Gasteiger partial charge in [0, 0.05) is 45.8 Å². The summed E-state index contributed by atoms with van der Waals surface area (Å²) in [5.41, 5.74) is 1.69. The van der Waals surface area contributed by atoms with Gasteiger partial charge in [-0.2, -0.15) is 0 Å². The van der Waals surface area contributed by atoms with Crippen molar-refractivity contribution in [3.05, 3.63) is 103 Å². The maximum atomic E-state index is 13.0. The van der Waals surface area contributed by atoms with Crippen LogP contribution in [0.25, 0.3) is 0 Å². The van der Waals surface area contributed by atoms with Crippen molar-refractivity contribution in [1.29, 1.82) is 0 Å². The van der Waals surface area contributed by atoms with Gasteiger partial charge in [-0.25, -0.2) is 0 Å². The molecule has 1 fully saturated rings. The van der Waals surface area contributed by atoms with E-state index in [2.05, 4.69) is 5.32 Å². The number of nitro groups is 1. The summed E-state index contributed by atoms with van der Waals surface area (Å²) in [6.45, 7) is 0. The third-order valence-corrected chi connectivity index (χ3v) is 7.33. The molecule has 0 aromatic heterocycles. The minimum Gasteiger partial charge on any atom is -0.326 e. The van der Waals surface area contributed by atoms with Gasteiger partial charge in [0.15, 0.2) is 5.78 Å². The number of hydrogen-bond acceptors (Lipinski definition) is 4. The predicted molar refractivity (Wildman–Crippen MR) is 138 cm³/mol. The zero-order valence-corrected chi connectivity index (χ0v) is 21.4. The van der Waals surface area contributed by atoms with E-state index in [0.717, 1.165) is 0 Å². The lowest BCUT2D eigenvalue weighted by atomic mass is 10.0. The van der Waals surface area contributed by atoms with Crippen LogP contribution in [0.15, 0.2) is 60.7 Å². The van der Waals surface area contributed by atoms with Gasteiger partial charge in [0.25, 0.3) is 5.69 Å². The number of halogens is 5. The molecule has 11 heteroatoms. The number of nitrogens with one attached hydrogen (secondary N) is 1. The lowest BCUT2D eigenvalue weighted by Gasteiger charge is -2.09. The molecule has 0 saturated heterocycles. The van der Waals surface area contributed by atoms with Crippen LogP contribution in [0.3, 0.4) is 0 Å². The fraction of sp³-hybridized carbons (Fsp3) is 0.167. The van der Waals surface area contributed by atoms with E-state index in [0.29, 0.717) is 26.9 Å². The summed E-state index contributed by atoms with van der Waals surface area (Å²) < 4.78 is -1.35. The average molecular weight is 573 g/mol. The Bertz CT molecular complexity index is 1320. The fourth-order valence-corrected chi connectivity index (χ4v) is 5.47. The van der Waals surface area contributed by atoms with Gasteiger partial charge in [-0.15, -0.1) is 23.2 Å². The Kier molecular flexibility index (Phi) is 7.32. The molecular weight excluding hydrogens is 558 g/mol. The van der Waals surface area contributed by atoms with Gasteiger partial charge in [-0.1, -0.05) is 46.9 Å². The van der Waals surface area contributed by atoms with E-state index in [1.807, 2.05) is 0 Å². The fourth-order valence-electron chi connectivity index (χ4n) is 3.88. The molecule has 0 spiro atoms. The first-order valence-electron chi connectivity index (χ1n) is 10.2. The minimum absolute atomic E-state index is 0.0260. The van der Waals surface area contributed by atoms with E-state index in [1.165, 1.54) is 36.4 Å². The van der Waals surface area contributed by atoms with E-state index < -0.39 is 27.0 Å². The number of anilines is 1. The summed E-state index contributed by atoms with van der Waals surface area (Å²) in [6.07, 6.45) is -0.0260. The highest BCUT2D eigenvalue weighted by molar-refractivity contribution is 6.53. The molecule has 35 heavy (non-hydrogen) atoms. The van der Waals surface area contributed by atoms with Crippen molar-refractivity contribution < 1.29 is 14.5 Å². The van der Waals surface area contributed by atoms with Crippen LogP contribution in [0.5, 0.6) is 0 Å². The lowest BCUT2D eigenvalue weighted by Crippen LogP contribution is -2.17. The van der Waals surface area contributed by atoms with Gasteiger partial charge in [0.2, 0.25) is 5.91 Å². The molecule has 2 unspecified atom stereocenters. The lowest BCUT2D eigenvalue weighted by molar-refractivity contribution is -0.384. The van der Waals surface area contributed by atoms with E-state index in [1.54, 1.807) is 24.3 Å². The Morgan fingerprint density at radius 2 is 1.57 bits per heavy atom. The van der Waals surface area contributed by atoms with Crippen LogP contribution in [0, 0.1) is 16.0 Å². The molecule has 0 aliphatic heterocycles. The van der Waals surface area contributed by atoms with Crippen molar-refractivity contribution in [3.63, 3.8) is 0 Å². The molecule has 6 nitrogen and oxygen atoms in total. The van der Waals surface area contributed by atoms with Crippen LogP contribution in [-0.4, -0.2) is 20.9 Å². The Morgan fingerprint density at radius 1 is 0.943 bits per heavy atom. The summed E-state index contributed by atoms with van der Waals surface area (Å²) in [6, 6.07) is 15.1. The third-order valence-electron chi connectivity index (χ3n) is 5.63. The quantitative estimate of drug-likeness (QED) is 0.137. The third kappa shape index (κ3) is 5.57. The molecule has 0 heterocycles. The highest BCUT2D eigenvalue weighted by Gasteiger charge is 2.67. The predicted octanol–water partition coefficient (Wildman–Crippen LogP) is 7.51. The summed E-state index contributed by atoms with van der Waals surface area (Å²) in [5, 5.41) is 14.5. The molecular formula is C24H15Cl5N2O4. The monoisotopic (exact) mass is 570 g/mol. The van der Waals surface area contributed by atoms with E-state index >= 15 is 0 Å². The van der Waals surface area contributed by atoms with Crippen LogP contribution in [0.4, 0.5) is 11.4 Å². The first-order valence-corrected chi connectivity index (χ1v) is 12.1. The maximum absolute atomic E-state index is 13.0. The molecule has 3 aromatic carbocycles. The zero-order chi connectivity index (χ0) is 25.5. The van der Waals surface area contributed by atoms with Crippen LogP contribution < -0.4 is 5.32 Å². The molecule has 4 rings (SSSR count). The highest BCUT2D eigenvalue weighted by Crippen LogP contribution is 2.65. The average Bonchev–Trinajstić information content (AvgIpc) is 3.36. The van der Waals surface area contributed by atoms with Gasteiger partial charge in [-0.05, 0) is 47.5 Å². The number of Topliss-reactive ketones (excluding diaryl/α,β-unsaturated/α-hetero) is 1. The van der Waals surface area contributed by atoms with Crippen LogP contribution >= 0.6 is 58.0 Å². The molecule has 3 aromatic rings. The van der Waals surface area contributed by atoms with Gasteiger partial charge < -0.3 is 5.32 Å². The number of ketones is 1. The van der Waals surface area contributed by atoms with Gasteiger partial charge in [0.05, 0.1) is 15.9 Å². The number of benzene rings is 3. The summed E-state index contributed by atoms with van der Waals surface area (Å²) in [4.78, 5) is 36.1. The number of carbonyl (C=O) groups is 2. The SMILES string of the molecule is O=C(Cc1ccc([N+](=O)[O-])cc1)c1cc(NC(=O)C2C(c3cc(Cl)cc(Cl)c3)C2(Cl)Cl)ccc1Cl. The number of alkyl halides is 2. The molecule has 2 atom stereocenters. The smallest absolute Gasteiger partial charge is 0.269 e. The molecule has 180 valence electrons. The standard InChI is InChI=1S/C24H15Cl5N2O4/c25-14-8-13(9-15(26)10-14)21-22(24(21,28)29)23(33)30-16-3-6-19(27)18(11-16)20(32)7-12-1-4-17(5-2-12)31(34)35/h1-6,8-11,21-22H,7H2,(H,30,33). The normalized spacial score (nSPS) is 18.1. The number of nitro benzene ring substituents is 1. The Morgan fingerprint density at radius 3 is 2.17 bits per heavy atom. The number of non-ortho nitro benzene ring substituents is 1. The van der Waals surface area contributed by atoms with Crippen LogP contribution in [0.2, 0.25) is 15.1 Å². The molecule has 1 N–H and O–H groups in total. The largest absolute Gasteiger partial charge is 0.326 e. The Hall–Kier alpha value is -2.35. The van der Waals surface area contributed by atoms with Crippen molar-refractivity contribution in [2.75, 3.05) is 5.32 Å². The van der Waals surface area contributed by atoms with Crippen molar-refractivity contribution in [1.82, 2.24) is 0 Å². The number of hydrogen-bond donors (Lipinski definition) is 1. The summed E-state index contributed by atoms with van der Waals surface area (Å²) in [7, 11) is 0. The second-order valence-electron chi connectivity index (χ2n) is 8.04. The Labute approximate surface area is 225 Å². The van der Waals surface area contributed by atoms with Gasteiger partial charge in [0.1, 0.15) is 4.33 Å². The maximum Gasteiger partial charge on any atom is 0.269 e. The van der Waals surface area contributed by atoms with E-state index in [4.69, 9.17) is 58.0 Å². The van der Waals surface area contributed by atoms with E-state index in [9.17, 15) is 19.7 Å². The second kappa shape index (κ2) is 9.96. The van der Waals surface area contributed by atoms with Crippen molar-refractivity contribution >= 4 is 81.1 Å². The molecule has 1 aliphatic rings. The van der Waals surface area contributed by atoms with Crippen molar-refractivity contribution in [2.45, 2.75) is 16.7 Å². The number of carbonyl (C=O) groups excluding carboxylic acids is 2. The van der Waals surface area contributed by atoms with Crippen molar-refractivity contribution in [3.8, 4) is 0 Å². The first kappa shape index (κ1) is 25.7. The molecule has 1 saturated carbocycles. The number of amides is 1. The second-order valence-corrected chi connectivity index (χ2v) is 10.8. The Balaban J connectivity index is 1.49. The van der Waals surface area contributed by atoms with Crippen LogP contribution in [-0.2, 0) is 11.2 Å².